The number of rotatable bonds is 6. The van der Waals surface area contributed by atoms with E-state index in [0.29, 0.717) is 16.1 Å². The molecule has 0 saturated carbocycles. The first-order chi connectivity index (χ1) is 15.8. The number of thiophene rings is 1. The molecule has 7 nitrogen and oxygen atoms in total. The number of sulfonamides is 1. The first-order valence-corrected chi connectivity index (χ1v) is 12.3. The van der Waals surface area contributed by atoms with Gasteiger partial charge in [-0.2, -0.15) is 0 Å². The van der Waals surface area contributed by atoms with Crippen molar-refractivity contribution in [2.24, 2.45) is 0 Å². The van der Waals surface area contributed by atoms with Crippen molar-refractivity contribution in [3.63, 3.8) is 0 Å². The molecule has 1 amide bonds. The molecule has 0 aliphatic heterocycles. The summed E-state index contributed by atoms with van der Waals surface area (Å²) >= 11 is 7.04. The molecule has 33 heavy (non-hydrogen) atoms. The van der Waals surface area contributed by atoms with Crippen LogP contribution < -0.4 is 10.0 Å². The molecule has 0 atom stereocenters. The highest BCUT2D eigenvalue weighted by molar-refractivity contribution is 7.92. The van der Waals surface area contributed by atoms with Gasteiger partial charge in [-0.3, -0.25) is 9.52 Å². The molecule has 0 aliphatic carbocycles. The van der Waals surface area contributed by atoms with Crippen LogP contribution in [0.25, 0.3) is 10.1 Å². The highest BCUT2D eigenvalue weighted by Gasteiger charge is 2.21. The number of amides is 1. The van der Waals surface area contributed by atoms with Crippen molar-refractivity contribution in [3.05, 3.63) is 88.3 Å². The molecule has 10 heteroatoms. The van der Waals surface area contributed by atoms with Gasteiger partial charge in [0.05, 0.1) is 17.7 Å². The molecule has 4 rings (SSSR count). The number of carbonyl (C=O) groups is 2. The number of hydrogen-bond donors (Lipinski definition) is 2. The van der Waals surface area contributed by atoms with Gasteiger partial charge in [-0.1, -0.05) is 35.9 Å². The van der Waals surface area contributed by atoms with E-state index in [9.17, 15) is 18.0 Å². The standard InChI is InChI=1S/C23H17ClN2O5S2/c1-31-23(28)21-20(18-7-2-3-8-19(18)32-21)25-22(27)14-5-4-6-16(13-14)26-33(29,30)17-11-9-15(24)10-12-17/h2-13,26H,1H3,(H,25,27). The van der Waals surface area contributed by atoms with E-state index in [1.165, 1.54) is 54.8 Å². The molecule has 0 bridgehead atoms. The van der Waals surface area contributed by atoms with Gasteiger partial charge in [0.15, 0.2) is 0 Å². The van der Waals surface area contributed by atoms with E-state index in [-0.39, 0.29) is 21.0 Å². The maximum Gasteiger partial charge on any atom is 0.350 e. The van der Waals surface area contributed by atoms with Crippen LogP contribution in [0, 0.1) is 0 Å². The Morgan fingerprint density at radius 3 is 2.42 bits per heavy atom. The predicted octanol–water partition coefficient (Wildman–Crippen LogP) is 5.39. The summed E-state index contributed by atoms with van der Waals surface area (Å²) in [5.41, 5.74) is 0.762. The summed E-state index contributed by atoms with van der Waals surface area (Å²) < 4.78 is 33.4. The minimum absolute atomic E-state index is 0.0363. The molecule has 0 unspecified atom stereocenters. The maximum absolute atomic E-state index is 13.0. The molecule has 1 aromatic heterocycles. The van der Waals surface area contributed by atoms with Crippen molar-refractivity contribution >= 4 is 66.3 Å². The number of benzene rings is 3. The summed E-state index contributed by atoms with van der Waals surface area (Å²) in [7, 11) is -2.60. The van der Waals surface area contributed by atoms with Crippen LogP contribution in [0.1, 0.15) is 20.0 Å². The van der Waals surface area contributed by atoms with Crippen LogP contribution in [0.4, 0.5) is 11.4 Å². The second-order valence-electron chi connectivity index (χ2n) is 6.89. The summed E-state index contributed by atoms with van der Waals surface area (Å²) in [5, 5.41) is 3.89. The van der Waals surface area contributed by atoms with E-state index in [2.05, 4.69) is 10.0 Å². The minimum atomic E-state index is -3.87. The Balaban J connectivity index is 1.62. The maximum atomic E-state index is 13.0. The van der Waals surface area contributed by atoms with Gasteiger partial charge in [-0.25, -0.2) is 13.2 Å². The molecule has 168 valence electrons. The van der Waals surface area contributed by atoms with E-state index in [1.807, 2.05) is 12.1 Å². The van der Waals surface area contributed by atoms with Crippen molar-refractivity contribution in [2.45, 2.75) is 4.90 Å². The number of anilines is 2. The number of halogens is 1. The largest absolute Gasteiger partial charge is 0.465 e. The van der Waals surface area contributed by atoms with Gasteiger partial charge in [0.25, 0.3) is 15.9 Å². The Hall–Kier alpha value is -3.40. The number of nitrogens with one attached hydrogen (secondary N) is 2. The van der Waals surface area contributed by atoms with Gasteiger partial charge >= 0.3 is 5.97 Å². The summed E-state index contributed by atoms with van der Waals surface area (Å²) in [6, 6.07) is 19.0. The van der Waals surface area contributed by atoms with E-state index < -0.39 is 21.9 Å². The van der Waals surface area contributed by atoms with Gasteiger partial charge in [-0.05, 0) is 48.5 Å². The van der Waals surface area contributed by atoms with Gasteiger partial charge in [0, 0.05) is 26.4 Å². The molecule has 0 aliphatic rings. The first kappa shape index (κ1) is 22.8. The third-order valence-electron chi connectivity index (χ3n) is 4.71. The molecule has 3 aromatic carbocycles. The molecule has 0 fully saturated rings. The lowest BCUT2D eigenvalue weighted by Gasteiger charge is -2.11. The summed E-state index contributed by atoms with van der Waals surface area (Å²) in [4.78, 5) is 25.5. The van der Waals surface area contributed by atoms with Crippen LogP contribution in [0.3, 0.4) is 0 Å². The molecule has 2 N–H and O–H groups in total. The van der Waals surface area contributed by atoms with Gasteiger partial charge in [0.1, 0.15) is 4.88 Å². The fraction of sp³-hybridized carbons (Fsp3) is 0.0435. The third kappa shape index (κ3) is 4.85. The van der Waals surface area contributed by atoms with Crippen LogP contribution in [0.15, 0.2) is 77.7 Å². The van der Waals surface area contributed by atoms with Crippen molar-refractivity contribution in [2.75, 3.05) is 17.1 Å². The second-order valence-corrected chi connectivity index (χ2v) is 10.1. The lowest BCUT2D eigenvalue weighted by molar-refractivity contribution is 0.0607. The second kappa shape index (κ2) is 9.22. The highest BCUT2D eigenvalue weighted by Crippen LogP contribution is 2.36. The lowest BCUT2D eigenvalue weighted by Crippen LogP contribution is -2.16. The first-order valence-electron chi connectivity index (χ1n) is 9.58. The number of fused-ring (bicyclic) bond motifs is 1. The Morgan fingerprint density at radius 1 is 0.970 bits per heavy atom. The zero-order valence-corrected chi connectivity index (χ0v) is 19.6. The summed E-state index contributed by atoms with van der Waals surface area (Å²) in [6.45, 7) is 0. The quantitative estimate of drug-likeness (QED) is 0.345. The average Bonchev–Trinajstić information content (AvgIpc) is 3.17. The van der Waals surface area contributed by atoms with E-state index in [4.69, 9.17) is 16.3 Å². The molecular formula is C23H17ClN2O5S2. The Labute approximate surface area is 199 Å². The third-order valence-corrected chi connectivity index (χ3v) is 7.51. The average molecular weight is 501 g/mol. The van der Waals surface area contributed by atoms with Gasteiger partial charge < -0.3 is 10.1 Å². The van der Waals surface area contributed by atoms with Gasteiger partial charge in [0.2, 0.25) is 0 Å². The van der Waals surface area contributed by atoms with Crippen LogP contribution in [-0.4, -0.2) is 27.4 Å². The monoisotopic (exact) mass is 500 g/mol. The van der Waals surface area contributed by atoms with Gasteiger partial charge in [-0.15, -0.1) is 11.3 Å². The van der Waals surface area contributed by atoms with Crippen LogP contribution in [0.5, 0.6) is 0 Å². The Bertz CT molecular complexity index is 1460. The fourth-order valence-corrected chi connectivity index (χ4v) is 5.40. The smallest absolute Gasteiger partial charge is 0.350 e. The number of hydrogen-bond acceptors (Lipinski definition) is 6. The summed E-state index contributed by atoms with van der Waals surface area (Å²) in [6.07, 6.45) is 0. The number of ether oxygens (including phenoxy) is 1. The Morgan fingerprint density at radius 2 is 1.70 bits per heavy atom. The zero-order valence-electron chi connectivity index (χ0n) is 17.2. The lowest BCUT2D eigenvalue weighted by atomic mass is 10.1. The highest BCUT2D eigenvalue weighted by atomic mass is 35.5. The molecular weight excluding hydrogens is 484 g/mol. The Kier molecular flexibility index (Phi) is 6.37. The van der Waals surface area contributed by atoms with Crippen LogP contribution >= 0.6 is 22.9 Å². The topological polar surface area (TPSA) is 102 Å². The molecule has 0 radical (unpaired) electrons. The molecule has 0 saturated heterocycles. The predicted molar refractivity (Wildman–Crippen MR) is 130 cm³/mol. The van der Waals surface area contributed by atoms with E-state index in [0.717, 1.165) is 4.70 Å². The van der Waals surface area contributed by atoms with Crippen molar-refractivity contribution < 1.29 is 22.7 Å². The van der Waals surface area contributed by atoms with Crippen LogP contribution in [-0.2, 0) is 14.8 Å². The fourth-order valence-electron chi connectivity index (χ4n) is 3.14. The molecule has 4 aromatic rings. The summed E-state index contributed by atoms with van der Waals surface area (Å²) in [5.74, 6) is -1.06. The normalized spacial score (nSPS) is 11.2. The zero-order chi connectivity index (χ0) is 23.6. The minimum Gasteiger partial charge on any atom is -0.465 e. The van der Waals surface area contributed by atoms with Crippen molar-refractivity contribution in [1.29, 1.82) is 0 Å². The number of methoxy groups -OCH3 is 1. The van der Waals surface area contributed by atoms with E-state index >= 15 is 0 Å². The SMILES string of the molecule is COC(=O)c1sc2ccccc2c1NC(=O)c1cccc(NS(=O)(=O)c2ccc(Cl)cc2)c1. The van der Waals surface area contributed by atoms with Crippen LogP contribution in [0.2, 0.25) is 5.02 Å². The number of carbonyl (C=O) groups excluding carboxylic acids is 2. The molecule has 1 heterocycles. The molecule has 0 spiro atoms. The van der Waals surface area contributed by atoms with Crippen molar-refractivity contribution in [1.82, 2.24) is 0 Å². The van der Waals surface area contributed by atoms with Crippen molar-refractivity contribution in [3.8, 4) is 0 Å². The van der Waals surface area contributed by atoms with E-state index in [1.54, 1.807) is 24.3 Å². The number of esters is 1.